The first-order valence-corrected chi connectivity index (χ1v) is 7.91. The van der Waals surface area contributed by atoms with Gasteiger partial charge in [-0.05, 0) is 35.4 Å². The summed E-state index contributed by atoms with van der Waals surface area (Å²) in [5.41, 5.74) is -17.3. The molecule has 0 nitrogen and oxygen atoms in total. The summed E-state index contributed by atoms with van der Waals surface area (Å²) in [7, 11) is 0. The highest BCUT2D eigenvalue weighted by atomic mass is 19.4. The summed E-state index contributed by atoms with van der Waals surface area (Å²) < 4.78 is 164. The second-order valence-corrected chi connectivity index (χ2v) is 6.62. The van der Waals surface area contributed by atoms with Crippen LogP contribution in [-0.4, -0.2) is 11.8 Å². The lowest BCUT2D eigenvalue weighted by atomic mass is 9.55. The molecule has 3 rings (SSSR count). The average molecular weight is 452 g/mol. The maximum atomic E-state index is 15.4. The minimum absolute atomic E-state index is 0.223. The summed E-state index contributed by atoms with van der Waals surface area (Å²) in [5, 5.41) is 0. The van der Waals surface area contributed by atoms with E-state index >= 15 is 8.78 Å². The number of alkyl halides is 12. The van der Waals surface area contributed by atoms with Gasteiger partial charge in [0.2, 0.25) is 11.3 Å². The van der Waals surface area contributed by atoms with E-state index in [1.165, 1.54) is 0 Å². The molecule has 2 aromatic carbocycles. The third-order valence-electron chi connectivity index (χ3n) is 4.91. The van der Waals surface area contributed by atoms with Crippen molar-refractivity contribution in [2.24, 2.45) is 0 Å². The standard InChI is InChI=1S/C18H8F12/c19-13(9-3-1-5-11(7-9)15(21,22)23)14(20,18(29,30)17(13,27)28)10-4-2-6-12(8-10)16(24,25)26/h1-8H/t13-,14+. The van der Waals surface area contributed by atoms with E-state index < -0.39 is 57.8 Å². The molecule has 1 aliphatic carbocycles. The van der Waals surface area contributed by atoms with Gasteiger partial charge >= 0.3 is 24.2 Å². The lowest BCUT2D eigenvalue weighted by Crippen LogP contribution is -2.82. The van der Waals surface area contributed by atoms with E-state index in [0.29, 0.717) is 24.3 Å². The topological polar surface area (TPSA) is 0 Å². The molecule has 0 amide bonds. The summed E-state index contributed by atoms with van der Waals surface area (Å²) in [6.45, 7) is 0. The quantitative estimate of drug-likeness (QED) is 0.429. The molecule has 0 spiro atoms. The second kappa shape index (κ2) is 6.07. The van der Waals surface area contributed by atoms with Crippen LogP contribution in [0.1, 0.15) is 22.3 Å². The zero-order valence-corrected chi connectivity index (χ0v) is 14.2. The van der Waals surface area contributed by atoms with E-state index in [2.05, 4.69) is 0 Å². The third kappa shape index (κ3) is 2.57. The molecule has 0 bridgehead atoms. The van der Waals surface area contributed by atoms with Gasteiger partial charge in [0.05, 0.1) is 11.1 Å². The summed E-state index contributed by atoms with van der Waals surface area (Å²) in [5.74, 6) is -11.7. The Morgan fingerprint density at radius 1 is 0.500 bits per heavy atom. The molecule has 164 valence electrons. The van der Waals surface area contributed by atoms with Gasteiger partial charge in [-0.15, -0.1) is 0 Å². The molecule has 0 aliphatic heterocycles. The molecule has 30 heavy (non-hydrogen) atoms. The molecule has 0 unspecified atom stereocenters. The van der Waals surface area contributed by atoms with Crippen LogP contribution >= 0.6 is 0 Å². The van der Waals surface area contributed by atoms with Crippen LogP contribution in [0.25, 0.3) is 0 Å². The van der Waals surface area contributed by atoms with Crippen LogP contribution in [-0.2, 0) is 23.7 Å². The van der Waals surface area contributed by atoms with Gasteiger partial charge in [0.15, 0.2) is 0 Å². The van der Waals surface area contributed by atoms with Crippen LogP contribution in [0.15, 0.2) is 48.5 Å². The predicted molar refractivity (Wildman–Crippen MR) is 78.4 cm³/mol. The Labute approximate surface area is 160 Å². The lowest BCUT2D eigenvalue weighted by Gasteiger charge is -2.59. The van der Waals surface area contributed by atoms with Gasteiger partial charge in [-0.1, -0.05) is 24.3 Å². The molecule has 0 heterocycles. The largest absolute Gasteiger partial charge is 0.416 e. The molecule has 1 fully saturated rings. The summed E-state index contributed by atoms with van der Waals surface area (Å²) in [6.07, 6.45) is -10.4. The molecule has 12 heteroatoms. The van der Waals surface area contributed by atoms with E-state index in [1.807, 2.05) is 0 Å². The molecular weight excluding hydrogens is 444 g/mol. The SMILES string of the molecule is FC(F)(F)c1cccc([C@@]2(F)C(F)(F)C(F)(F)[C@@]2(F)c2cccc(C(F)(F)F)c2)c1. The zero-order valence-electron chi connectivity index (χ0n) is 14.2. The fraction of sp³-hybridized carbons (Fsp3) is 0.333. The van der Waals surface area contributed by atoms with Crippen molar-refractivity contribution < 1.29 is 52.7 Å². The summed E-state index contributed by atoms with van der Waals surface area (Å²) >= 11 is 0. The maximum absolute atomic E-state index is 15.4. The monoisotopic (exact) mass is 452 g/mol. The molecule has 2 atom stereocenters. The maximum Gasteiger partial charge on any atom is 0.416 e. The lowest BCUT2D eigenvalue weighted by molar-refractivity contribution is -0.451. The molecule has 0 saturated heterocycles. The van der Waals surface area contributed by atoms with Crippen molar-refractivity contribution in [3.63, 3.8) is 0 Å². The normalized spacial score (nSPS) is 28.1. The van der Waals surface area contributed by atoms with E-state index in [4.69, 9.17) is 0 Å². The first kappa shape index (κ1) is 22.3. The van der Waals surface area contributed by atoms with Crippen LogP contribution in [0.4, 0.5) is 52.7 Å². The van der Waals surface area contributed by atoms with Gasteiger partial charge in [0, 0.05) is 0 Å². The molecule has 2 aromatic rings. The molecule has 0 aromatic heterocycles. The number of hydrogen-bond acceptors (Lipinski definition) is 0. The van der Waals surface area contributed by atoms with Crippen LogP contribution in [0.3, 0.4) is 0 Å². The predicted octanol–water partition coefficient (Wildman–Crippen LogP) is 7.04. The Bertz CT molecular complexity index is 894. The molecular formula is C18H8F12. The number of rotatable bonds is 2. The second-order valence-electron chi connectivity index (χ2n) is 6.62. The van der Waals surface area contributed by atoms with Crippen molar-refractivity contribution in [2.75, 3.05) is 0 Å². The molecule has 0 N–H and O–H groups in total. The molecule has 1 saturated carbocycles. The number of halogens is 12. The molecule has 1 aliphatic rings. The smallest absolute Gasteiger partial charge is 0.227 e. The average Bonchev–Trinajstić information content (AvgIpc) is 2.64. The van der Waals surface area contributed by atoms with E-state index in [-0.39, 0.29) is 24.3 Å². The summed E-state index contributed by atoms with van der Waals surface area (Å²) in [4.78, 5) is 0. The highest BCUT2D eigenvalue weighted by Gasteiger charge is 2.98. The van der Waals surface area contributed by atoms with E-state index in [0.717, 1.165) is 0 Å². The van der Waals surface area contributed by atoms with Crippen molar-refractivity contribution in [3.05, 3.63) is 70.8 Å². The van der Waals surface area contributed by atoms with E-state index in [1.54, 1.807) is 0 Å². The highest BCUT2D eigenvalue weighted by Crippen LogP contribution is 2.76. The van der Waals surface area contributed by atoms with Crippen LogP contribution < -0.4 is 0 Å². The minimum Gasteiger partial charge on any atom is -0.227 e. The van der Waals surface area contributed by atoms with Crippen molar-refractivity contribution in [2.45, 2.75) is 35.5 Å². The van der Waals surface area contributed by atoms with Gasteiger partial charge in [-0.25, -0.2) is 8.78 Å². The first-order valence-electron chi connectivity index (χ1n) is 7.91. The Kier molecular flexibility index (Phi) is 4.51. The molecule has 0 radical (unpaired) electrons. The Morgan fingerprint density at radius 2 is 0.800 bits per heavy atom. The third-order valence-corrected chi connectivity index (χ3v) is 4.91. The van der Waals surface area contributed by atoms with Gasteiger partial charge in [-0.3, -0.25) is 0 Å². The van der Waals surface area contributed by atoms with Gasteiger partial charge in [0.1, 0.15) is 0 Å². The van der Waals surface area contributed by atoms with Crippen molar-refractivity contribution in [1.29, 1.82) is 0 Å². The fourth-order valence-electron chi connectivity index (χ4n) is 3.38. The Morgan fingerprint density at radius 3 is 1.07 bits per heavy atom. The first-order chi connectivity index (χ1) is 13.4. The van der Waals surface area contributed by atoms with Crippen molar-refractivity contribution in [1.82, 2.24) is 0 Å². The van der Waals surface area contributed by atoms with Crippen LogP contribution in [0, 0.1) is 0 Å². The highest BCUT2D eigenvalue weighted by molar-refractivity contribution is 5.50. The van der Waals surface area contributed by atoms with Crippen molar-refractivity contribution in [3.8, 4) is 0 Å². The van der Waals surface area contributed by atoms with E-state index in [9.17, 15) is 43.9 Å². The van der Waals surface area contributed by atoms with Crippen LogP contribution in [0.5, 0.6) is 0 Å². The minimum atomic E-state index is -5.87. The fourth-order valence-corrected chi connectivity index (χ4v) is 3.38. The summed E-state index contributed by atoms with van der Waals surface area (Å²) in [6, 6.07) is 1.24. The zero-order chi connectivity index (χ0) is 23.0. The Balaban J connectivity index is 2.28. The number of hydrogen-bond donors (Lipinski definition) is 0. The van der Waals surface area contributed by atoms with Gasteiger partial charge in [0.25, 0.3) is 0 Å². The van der Waals surface area contributed by atoms with Gasteiger partial charge in [-0.2, -0.15) is 43.9 Å². The van der Waals surface area contributed by atoms with Crippen LogP contribution in [0.2, 0.25) is 0 Å². The Hall–Kier alpha value is -2.40. The van der Waals surface area contributed by atoms with Gasteiger partial charge < -0.3 is 0 Å². The van der Waals surface area contributed by atoms with Crippen molar-refractivity contribution >= 4 is 0 Å². The number of benzene rings is 2.